The van der Waals surface area contributed by atoms with Crippen LogP contribution < -0.4 is 5.56 Å². The van der Waals surface area contributed by atoms with Crippen LogP contribution in [0.15, 0.2) is 53.5 Å². The van der Waals surface area contributed by atoms with Gasteiger partial charge in [0.05, 0.1) is 5.39 Å². The van der Waals surface area contributed by atoms with E-state index in [9.17, 15) is 9.18 Å². The number of hydrogen-bond acceptors (Lipinski definition) is 3. The van der Waals surface area contributed by atoms with Crippen LogP contribution in [0.5, 0.6) is 0 Å². The van der Waals surface area contributed by atoms with Crippen molar-refractivity contribution in [2.45, 2.75) is 0 Å². The minimum absolute atomic E-state index is 0.0662. The highest BCUT2D eigenvalue weighted by Crippen LogP contribution is 2.33. The highest BCUT2D eigenvalue weighted by molar-refractivity contribution is 7.21. The summed E-state index contributed by atoms with van der Waals surface area (Å²) < 4.78 is 16.4. The summed E-state index contributed by atoms with van der Waals surface area (Å²) in [5.74, 6) is -0.518. The van der Waals surface area contributed by atoms with Gasteiger partial charge < -0.3 is 4.57 Å². The van der Waals surface area contributed by atoms with Crippen LogP contribution in [0.1, 0.15) is 0 Å². The van der Waals surface area contributed by atoms with Crippen molar-refractivity contribution in [1.29, 1.82) is 0 Å². The lowest BCUT2D eigenvalue weighted by Gasteiger charge is -2.01. The van der Waals surface area contributed by atoms with Crippen LogP contribution in [-0.4, -0.2) is 9.55 Å². The molecule has 0 aliphatic carbocycles. The Morgan fingerprint density at radius 3 is 2.82 bits per heavy atom. The zero-order valence-electron chi connectivity index (χ0n) is 11.7. The molecule has 4 rings (SSSR count). The van der Waals surface area contributed by atoms with Crippen molar-refractivity contribution in [2.75, 3.05) is 0 Å². The Labute approximate surface area is 129 Å². The fourth-order valence-corrected chi connectivity index (χ4v) is 3.74. The van der Waals surface area contributed by atoms with E-state index in [0.29, 0.717) is 9.71 Å². The standard InChI is InChI=1S/C17H11FN2OS/c1-20-9-11(10-5-2-3-7-13(10)20)17-19-16(21)15-12(18)6-4-8-14(15)22-17/h2-9H,1H3. The van der Waals surface area contributed by atoms with Crippen molar-refractivity contribution in [3.63, 3.8) is 0 Å². The van der Waals surface area contributed by atoms with E-state index in [4.69, 9.17) is 0 Å². The molecule has 0 aliphatic rings. The van der Waals surface area contributed by atoms with Gasteiger partial charge in [0.15, 0.2) is 0 Å². The summed E-state index contributed by atoms with van der Waals surface area (Å²) in [5, 5.41) is 1.71. The lowest BCUT2D eigenvalue weighted by atomic mass is 10.2. The Kier molecular flexibility index (Phi) is 2.84. The Balaban J connectivity index is 2.07. The molecule has 0 N–H and O–H groups in total. The molecule has 0 saturated carbocycles. The molecule has 0 saturated heterocycles. The SMILES string of the molecule is Cn1cc(-c2nc(=O)c3c(F)cccc3s2)c2ccccc21. The molecule has 0 bridgehead atoms. The summed E-state index contributed by atoms with van der Waals surface area (Å²) in [5.41, 5.74) is 1.44. The van der Waals surface area contributed by atoms with Crippen molar-refractivity contribution in [3.8, 4) is 10.6 Å². The number of rotatable bonds is 1. The van der Waals surface area contributed by atoms with E-state index in [1.807, 2.05) is 42.1 Å². The third-order valence-corrected chi connectivity index (χ3v) is 4.79. The van der Waals surface area contributed by atoms with Crippen molar-refractivity contribution < 1.29 is 4.39 Å². The maximum atomic E-state index is 13.8. The second-order valence-corrected chi connectivity index (χ2v) is 6.14. The average molecular weight is 310 g/mol. The second kappa shape index (κ2) is 4.74. The molecule has 0 unspecified atom stereocenters. The largest absolute Gasteiger partial charge is 0.350 e. The normalized spacial score (nSPS) is 11.4. The minimum Gasteiger partial charge on any atom is -0.350 e. The maximum absolute atomic E-state index is 13.8. The van der Waals surface area contributed by atoms with Gasteiger partial charge in [-0.2, -0.15) is 4.98 Å². The molecule has 2 heterocycles. The highest BCUT2D eigenvalue weighted by Gasteiger charge is 2.14. The first-order valence-corrected chi connectivity index (χ1v) is 7.60. The number of nitrogens with zero attached hydrogens (tertiary/aromatic N) is 2. The monoisotopic (exact) mass is 310 g/mol. The van der Waals surface area contributed by atoms with Gasteiger partial charge in [0.25, 0.3) is 5.56 Å². The van der Waals surface area contributed by atoms with Gasteiger partial charge in [0.1, 0.15) is 10.8 Å². The van der Waals surface area contributed by atoms with E-state index in [2.05, 4.69) is 4.98 Å². The first-order chi connectivity index (χ1) is 10.6. The summed E-state index contributed by atoms with van der Waals surface area (Å²) in [6.07, 6.45) is 1.95. The van der Waals surface area contributed by atoms with Crippen molar-refractivity contribution in [2.24, 2.45) is 7.05 Å². The van der Waals surface area contributed by atoms with Crippen LogP contribution in [0.25, 0.3) is 31.6 Å². The van der Waals surface area contributed by atoms with E-state index in [0.717, 1.165) is 16.5 Å². The molecule has 0 amide bonds. The lowest BCUT2D eigenvalue weighted by Crippen LogP contribution is -2.07. The maximum Gasteiger partial charge on any atom is 0.282 e. The number of hydrogen-bond donors (Lipinski definition) is 0. The van der Waals surface area contributed by atoms with Gasteiger partial charge in [-0.1, -0.05) is 24.3 Å². The molecule has 0 fully saturated rings. The zero-order valence-corrected chi connectivity index (χ0v) is 12.5. The van der Waals surface area contributed by atoms with E-state index >= 15 is 0 Å². The molecule has 2 aromatic carbocycles. The third kappa shape index (κ3) is 1.86. The number of benzene rings is 2. The summed E-state index contributed by atoms with van der Waals surface area (Å²) in [6.45, 7) is 0. The molecular weight excluding hydrogens is 299 g/mol. The molecule has 0 aliphatic heterocycles. The summed E-state index contributed by atoms with van der Waals surface area (Å²) in [7, 11) is 1.95. The Morgan fingerprint density at radius 1 is 1.14 bits per heavy atom. The highest BCUT2D eigenvalue weighted by atomic mass is 32.1. The first-order valence-electron chi connectivity index (χ1n) is 6.79. The van der Waals surface area contributed by atoms with Crippen LogP contribution in [0, 0.1) is 5.82 Å². The summed E-state index contributed by atoms with van der Waals surface area (Å²) in [4.78, 5) is 16.3. The van der Waals surface area contributed by atoms with E-state index < -0.39 is 11.4 Å². The molecule has 5 heteroatoms. The quantitative estimate of drug-likeness (QED) is 0.533. The zero-order chi connectivity index (χ0) is 15.3. The Hall–Kier alpha value is -2.53. The number of aryl methyl sites for hydroxylation is 1. The van der Waals surface area contributed by atoms with Gasteiger partial charge in [0, 0.05) is 34.4 Å². The van der Waals surface area contributed by atoms with E-state index in [1.165, 1.54) is 17.4 Å². The molecule has 2 aromatic heterocycles. The molecule has 0 spiro atoms. The van der Waals surface area contributed by atoms with E-state index in [-0.39, 0.29) is 5.39 Å². The van der Waals surface area contributed by atoms with Gasteiger partial charge in [-0.15, -0.1) is 11.3 Å². The molecule has 22 heavy (non-hydrogen) atoms. The third-order valence-electron chi connectivity index (χ3n) is 3.73. The Bertz CT molecular complexity index is 1080. The van der Waals surface area contributed by atoms with Gasteiger partial charge in [-0.05, 0) is 18.2 Å². The summed E-state index contributed by atoms with van der Waals surface area (Å²) in [6, 6.07) is 12.6. The summed E-state index contributed by atoms with van der Waals surface area (Å²) >= 11 is 1.33. The average Bonchev–Trinajstić information content (AvgIpc) is 2.85. The van der Waals surface area contributed by atoms with Crippen molar-refractivity contribution >= 4 is 32.3 Å². The van der Waals surface area contributed by atoms with E-state index in [1.54, 1.807) is 12.1 Å². The number of aromatic nitrogens is 2. The van der Waals surface area contributed by atoms with Crippen LogP contribution >= 0.6 is 11.3 Å². The molecule has 4 aromatic rings. The minimum atomic E-state index is -0.519. The fraction of sp³-hybridized carbons (Fsp3) is 0.0588. The van der Waals surface area contributed by atoms with Crippen molar-refractivity contribution in [1.82, 2.24) is 9.55 Å². The van der Waals surface area contributed by atoms with Gasteiger partial charge in [0.2, 0.25) is 0 Å². The van der Waals surface area contributed by atoms with Gasteiger partial charge in [-0.3, -0.25) is 4.79 Å². The Morgan fingerprint density at radius 2 is 1.95 bits per heavy atom. The number of fused-ring (bicyclic) bond motifs is 2. The fourth-order valence-electron chi connectivity index (χ4n) is 2.70. The molecular formula is C17H11FN2OS. The molecule has 108 valence electrons. The van der Waals surface area contributed by atoms with Gasteiger partial charge in [-0.25, -0.2) is 4.39 Å². The number of para-hydroxylation sites is 1. The van der Waals surface area contributed by atoms with Crippen LogP contribution in [-0.2, 0) is 7.05 Å². The number of halogens is 1. The molecule has 0 radical (unpaired) electrons. The predicted octanol–water partition coefficient (Wildman–Crippen LogP) is 3.95. The lowest BCUT2D eigenvalue weighted by molar-refractivity contribution is 0.639. The van der Waals surface area contributed by atoms with Crippen LogP contribution in [0.3, 0.4) is 0 Å². The van der Waals surface area contributed by atoms with Crippen LogP contribution in [0.2, 0.25) is 0 Å². The topological polar surface area (TPSA) is 34.9 Å². The predicted molar refractivity (Wildman–Crippen MR) is 87.8 cm³/mol. The molecule has 3 nitrogen and oxygen atoms in total. The van der Waals surface area contributed by atoms with Crippen LogP contribution in [0.4, 0.5) is 4.39 Å². The van der Waals surface area contributed by atoms with Gasteiger partial charge >= 0.3 is 0 Å². The molecule has 0 atom stereocenters. The smallest absolute Gasteiger partial charge is 0.282 e. The van der Waals surface area contributed by atoms with Crippen molar-refractivity contribution in [3.05, 3.63) is 64.8 Å². The second-order valence-electron chi connectivity index (χ2n) is 5.11. The first kappa shape index (κ1) is 13.2.